The predicted octanol–water partition coefficient (Wildman–Crippen LogP) is 2.60. The number of carbonyl (C=O) groups is 2. The van der Waals surface area contributed by atoms with Gasteiger partial charge < -0.3 is 21.3 Å². The fraction of sp³-hybridized carbons (Fsp3) is 0.133. The van der Waals surface area contributed by atoms with Gasteiger partial charge in [-0.15, -0.1) is 0 Å². The Morgan fingerprint density at radius 2 is 1.75 bits per heavy atom. The van der Waals surface area contributed by atoms with Crippen LogP contribution in [-0.4, -0.2) is 27.3 Å². The molecule has 2 rings (SSSR count). The molecule has 9 heteroatoms. The van der Waals surface area contributed by atoms with E-state index in [1.807, 2.05) is 0 Å². The molecule has 6 N–H and O–H groups in total. The molecule has 0 aliphatic rings. The maximum absolute atomic E-state index is 12.7. The van der Waals surface area contributed by atoms with E-state index in [1.165, 1.54) is 18.2 Å². The summed E-state index contributed by atoms with van der Waals surface area (Å²) in [7, 11) is 0. The third kappa shape index (κ3) is 7.07. The second-order valence-electron chi connectivity index (χ2n) is 4.56. The van der Waals surface area contributed by atoms with Crippen LogP contribution in [-0.2, 0) is 11.3 Å². The number of aliphatic carboxylic acids is 1. The number of anilines is 3. The molecule has 0 aliphatic carbocycles. The minimum Gasteiger partial charge on any atom is -0.481 e. The largest absolute Gasteiger partial charge is 0.481 e. The molecule has 0 atom stereocenters. The highest BCUT2D eigenvalue weighted by Gasteiger charge is 2.05. The number of nitrogens with zero attached hydrogens (tertiary/aromatic N) is 1. The van der Waals surface area contributed by atoms with E-state index in [4.69, 9.17) is 20.7 Å². The molecule has 0 radical (unpaired) electrons. The first-order valence-corrected chi connectivity index (χ1v) is 6.72. The molecule has 2 aromatic rings. The van der Waals surface area contributed by atoms with Crippen molar-refractivity contribution in [3.63, 3.8) is 0 Å². The first-order valence-electron chi connectivity index (χ1n) is 6.72. The Morgan fingerprint density at radius 1 is 1.17 bits per heavy atom. The van der Waals surface area contributed by atoms with Gasteiger partial charge in [-0.25, -0.2) is 14.2 Å². The van der Waals surface area contributed by atoms with Gasteiger partial charge in [0.05, 0.1) is 5.69 Å². The van der Waals surface area contributed by atoms with Crippen LogP contribution in [0.25, 0.3) is 0 Å². The fourth-order valence-electron chi connectivity index (χ4n) is 1.59. The summed E-state index contributed by atoms with van der Waals surface area (Å²) < 4.78 is 12.7. The number of nitrogens with one attached hydrogen (secondary N) is 2. The third-order valence-corrected chi connectivity index (χ3v) is 2.55. The van der Waals surface area contributed by atoms with Crippen molar-refractivity contribution < 1.29 is 24.2 Å². The Bertz CT molecular complexity index is 703. The summed E-state index contributed by atoms with van der Waals surface area (Å²) in [6.07, 6.45) is -1.20. The molecular weight excluding hydrogens is 319 g/mol. The highest BCUT2D eigenvalue weighted by molar-refractivity contribution is 5.86. The third-order valence-electron chi connectivity index (χ3n) is 2.55. The molecule has 1 amide bonds. The lowest BCUT2D eigenvalue weighted by atomic mass is 10.2. The summed E-state index contributed by atoms with van der Waals surface area (Å²) in [5.74, 6) is -0.542. The predicted molar refractivity (Wildman–Crippen MR) is 87.3 cm³/mol. The van der Waals surface area contributed by atoms with Crippen molar-refractivity contribution in [1.29, 1.82) is 0 Å². The number of nitrogen functional groups attached to an aromatic ring is 1. The van der Waals surface area contributed by atoms with E-state index in [0.717, 1.165) is 12.5 Å². The fourth-order valence-corrected chi connectivity index (χ4v) is 1.59. The van der Waals surface area contributed by atoms with Gasteiger partial charge in [0.15, 0.2) is 0 Å². The first kappa shape index (κ1) is 18.7. The van der Waals surface area contributed by atoms with Crippen LogP contribution in [0.3, 0.4) is 0 Å². The van der Waals surface area contributed by atoms with Gasteiger partial charge in [0.1, 0.15) is 17.5 Å². The minimum atomic E-state index is -1.20. The Labute approximate surface area is 137 Å². The van der Waals surface area contributed by atoms with Crippen molar-refractivity contribution in [3.05, 3.63) is 47.8 Å². The number of hydrogen-bond donors (Lipinski definition) is 5. The number of halogens is 1. The van der Waals surface area contributed by atoms with Crippen LogP contribution < -0.4 is 16.4 Å². The molecule has 0 unspecified atom stereocenters. The number of carboxylic acids is 1. The SMILES string of the molecule is CC(=O)O.Nc1nc(NCc2ccc(F)cc2)ccc1NC(=O)O. The molecule has 1 heterocycles. The normalized spacial score (nSPS) is 9.42. The van der Waals surface area contributed by atoms with Gasteiger partial charge in [-0.05, 0) is 29.8 Å². The molecule has 0 saturated heterocycles. The summed E-state index contributed by atoms with van der Waals surface area (Å²) in [6, 6.07) is 9.18. The molecule has 1 aromatic carbocycles. The Hall–Kier alpha value is -3.36. The average molecular weight is 336 g/mol. The highest BCUT2D eigenvalue weighted by atomic mass is 19.1. The Morgan fingerprint density at radius 3 is 2.25 bits per heavy atom. The summed E-state index contributed by atoms with van der Waals surface area (Å²) in [5.41, 5.74) is 6.75. The number of pyridine rings is 1. The summed E-state index contributed by atoms with van der Waals surface area (Å²) >= 11 is 0. The summed E-state index contributed by atoms with van der Waals surface area (Å²) in [6.45, 7) is 1.54. The number of rotatable bonds is 4. The number of amides is 1. The van der Waals surface area contributed by atoms with E-state index in [1.54, 1.807) is 18.2 Å². The maximum Gasteiger partial charge on any atom is 0.409 e. The molecule has 0 saturated carbocycles. The van der Waals surface area contributed by atoms with Crippen molar-refractivity contribution >= 4 is 29.4 Å². The van der Waals surface area contributed by atoms with Crippen molar-refractivity contribution in [2.75, 3.05) is 16.4 Å². The lowest BCUT2D eigenvalue weighted by Gasteiger charge is -2.09. The highest BCUT2D eigenvalue weighted by Crippen LogP contribution is 2.19. The Balaban J connectivity index is 0.000000648. The molecule has 24 heavy (non-hydrogen) atoms. The molecule has 0 bridgehead atoms. The molecule has 1 aromatic heterocycles. The van der Waals surface area contributed by atoms with Crippen molar-refractivity contribution in [2.24, 2.45) is 0 Å². The van der Waals surface area contributed by atoms with Gasteiger partial charge in [0.25, 0.3) is 5.97 Å². The van der Waals surface area contributed by atoms with Crippen molar-refractivity contribution in [3.8, 4) is 0 Å². The van der Waals surface area contributed by atoms with Crippen LogP contribution in [0.4, 0.5) is 26.5 Å². The van der Waals surface area contributed by atoms with Crippen molar-refractivity contribution in [2.45, 2.75) is 13.5 Å². The smallest absolute Gasteiger partial charge is 0.409 e. The number of hydrogen-bond acceptors (Lipinski definition) is 5. The van der Waals surface area contributed by atoms with E-state index in [2.05, 4.69) is 15.6 Å². The molecule has 0 spiro atoms. The van der Waals surface area contributed by atoms with E-state index in [-0.39, 0.29) is 17.3 Å². The van der Waals surface area contributed by atoms with Crippen LogP contribution in [0, 0.1) is 5.82 Å². The maximum atomic E-state index is 12.7. The van der Waals surface area contributed by atoms with Gasteiger partial charge in [0.2, 0.25) is 0 Å². The van der Waals surface area contributed by atoms with E-state index >= 15 is 0 Å². The van der Waals surface area contributed by atoms with Gasteiger partial charge in [-0.3, -0.25) is 10.1 Å². The van der Waals surface area contributed by atoms with Crippen LogP contribution in [0.15, 0.2) is 36.4 Å². The van der Waals surface area contributed by atoms with Crippen LogP contribution >= 0.6 is 0 Å². The standard InChI is InChI=1S/C13H13FN4O2.C2H4O2/c14-9-3-1-8(2-4-9)7-16-11-6-5-10(12(15)18-11)17-13(19)20;1-2(3)4/h1-6,17H,7H2,(H,19,20)(H3,15,16,18);1H3,(H,3,4). The van der Waals surface area contributed by atoms with Gasteiger partial charge in [0, 0.05) is 13.5 Å². The molecule has 128 valence electrons. The number of aromatic nitrogens is 1. The van der Waals surface area contributed by atoms with Gasteiger partial charge >= 0.3 is 6.09 Å². The average Bonchev–Trinajstić information content (AvgIpc) is 2.48. The second kappa shape index (κ2) is 8.93. The Kier molecular flexibility index (Phi) is 6.96. The monoisotopic (exact) mass is 336 g/mol. The zero-order valence-corrected chi connectivity index (χ0v) is 12.8. The van der Waals surface area contributed by atoms with Crippen LogP contribution in [0.5, 0.6) is 0 Å². The second-order valence-corrected chi connectivity index (χ2v) is 4.56. The van der Waals surface area contributed by atoms with Crippen LogP contribution in [0.2, 0.25) is 0 Å². The molecule has 8 nitrogen and oxygen atoms in total. The molecular formula is C15H17FN4O4. The summed E-state index contributed by atoms with van der Waals surface area (Å²) in [5, 5.41) is 21.2. The topological polar surface area (TPSA) is 138 Å². The number of carboxylic acid groups (broad SMARTS) is 2. The van der Waals surface area contributed by atoms with Gasteiger partial charge in [-0.2, -0.15) is 0 Å². The lowest BCUT2D eigenvalue weighted by molar-refractivity contribution is -0.134. The number of nitrogens with two attached hydrogens (primary N) is 1. The van der Waals surface area contributed by atoms with Crippen molar-refractivity contribution in [1.82, 2.24) is 4.98 Å². The quantitative estimate of drug-likeness (QED) is 0.578. The first-order chi connectivity index (χ1) is 11.3. The van der Waals surface area contributed by atoms with E-state index in [0.29, 0.717) is 12.4 Å². The zero-order valence-electron chi connectivity index (χ0n) is 12.8. The summed E-state index contributed by atoms with van der Waals surface area (Å²) in [4.78, 5) is 23.5. The lowest BCUT2D eigenvalue weighted by Crippen LogP contribution is -2.11. The van der Waals surface area contributed by atoms with Crippen LogP contribution in [0.1, 0.15) is 12.5 Å². The minimum absolute atomic E-state index is 0.0801. The molecule has 0 aliphatic heterocycles. The zero-order chi connectivity index (χ0) is 18.1. The van der Waals surface area contributed by atoms with Gasteiger partial charge in [-0.1, -0.05) is 12.1 Å². The molecule has 0 fully saturated rings. The number of benzene rings is 1. The van der Waals surface area contributed by atoms with E-state index < -0.39 is 12.1 Å². The van der Waals surface area contributed by atoms with E-state index in [9.17, 15) is 9.18 Å².